The van der Waals surface area contributed by atoms with Crippen LogP contribution in [0.3, 0.4) is 0 Å². The van der Waals surface area contributed by atoms with Gasteiger partial charge in [-0.1, -0.05) is 13.0 Å². The van der Waals surface area contributed by atoms with E-state index in [-0.39, 0.29) is 5.91 Å². The number of hydrogen-bond donors (Lipinski definition) is 1. The maximum absolute atomic E-state index is 12.1. The molecule has 0 saturated carbocycles. The molecule has 0 bridgehead atoms. The molecule has 18 heavy (non-hydrogen) atoms. The Hall–Kier alpha value is -1.88. The Kier molecular flexibility index (Phi) is 3.94. The minimum atomic E-state index is -0.109. The molecule has 0 saturated heterocycles. The van der Waals surface area contributed by atoms with Gasteiger partial charge in [0.2, 0.25) is 0 Å². The van der Waals surface area contributed by atoms with E-state index >= 15 is 0 Å². The molecule has 96 valence electrons. The molecular weight excluding hydrogens is 230 g/mol. The molecule has 0 aliphatic heterocycles. The van der Waals surface area contributed by atoms with Crippen molar-refractivity contribution in [3.05, 3.63) is 35.8 Å². The van der Waals surface area contributed by atoms with Crippen LogP contribution in [0.25, 0.3) is 5.65 Å². The van der Waals surface area contributed by atoms with Gasteiger partial charge in [-0.2, -0.15) is 0 Å². The van der Waals surface area contributed by atoms with Gasteiger partial charge in [-0.25, -0.2) is 4.98 Å². The molecule has 5 heteroatoms. The zero-order chi connectivity index (χ0) is 13.0. The summed E-state index contributed by atoms with van der Waals surface area (Å²) in [6, 6.07) is 5.69. The lowest BCUT2D eigenvalue weighted by molar-refractivity contribution is 0.0930. The smallest absolute Gasteiger partial charge is 0.270 e. The molecule has 0 fully saturated rings. The standard InChI is InChI=1S/C13H17N3O2/c1-3-10-12(13(17)14-7-9-18-2)16-8-5-4-6-11(16)15-10/h4-6,8H,3,7,9H2,1-2H3,(H,14,17). The number of aromatic nitrogens is 2. The Balaban J connectivity index is 2.32. The van der Waals surface area contributed by atoms with Crippen LogP contribution in [-0.4, -0.2) is 35.6 Å². The number of nitrogens with zero attached hydrogens (tertiary/aromatic N) is 2. The summed E-state index contributed by atoms with van der Waals surface area (Å²) >= 11 is 0. The number of ether oxygens (including phenoxy) is 1. The summed E-state index contributed by atoms with van der Waals surface area (Å²) < 4.78 is 6.74. The molecule has 0 aliphatic rings. The van der Waals surface area contributed by atoms with Gasteiger partial charge in [-0.3, -0.25) is 9.20 Å². The minimum absolute atomic E-state index is 0.109. The van der Waals surface area contributed by atoms with Gasteiger partial charge in [0.25, 0.3) is 5.91 Å². The molecule has 2 heterocycles. The van der Waals surface area contributed by atoms with Gasteiger partial charge < -0.3 is 10.1 Å². The Morgan fingerprint density at radius 1 is 1.50 bits per heavy atom. The van der Waals surface area contributed by atoms with E-state index in [9.17, 15) is 4.79 Å². The lowest BCUT2D eigenvalue weighted by Gasteiger charge is -2.05. The predicted molar refractivity (Wildman–Crippen MR) is 68.8 cm³/mol. The monoisotopic (exact) mass is 247 g/mol. The van der Waals surface area contributed by atoms with Crippen LogP contribution >= 0.6 is 0 Å². The second-order valence-electron chi connectivity index (χ2n) is 3.94. The summed E-state index contributed by atoms with van der Waals surface area (Å²) in [5, 5.41) is 2.83. The number of amides is 1. The molecule has 2 rings (SSSR count). The zero-order valence-electron chi connectivity index (χ0n) is 10.6. The maximum atomic E-state index is 12.1. The van der Waals surface area contributed by atoms with Crippen LogP contribution < -0.4 is 5.32 Å². The fraction of sp³-hybridized carbons (Fsp3) is 0.385. The molecule has 0 aromatic carbocycles. The average Bonchev–Trinajstić information content (AvgIpc) is 2.77. The SMILES string of the molecule is CCc1nc2ccccn2c1C(=O)NCCOC. The number of fused-ring (bicyclic) bond motifs is 1. The van der Waals surface area contributed by atoms with Crippen LogP contribution in [0.4, 0.5) is 0 Å². The molecular formula is C13H17N3O2. The topological polar surface area (TPSA) is 55.6 Å². The fourth-order valence-corrected chi connectivity index (χ4v) is 1.88. The summed E-state index contributed by atoms with van der Waals surface area (Å²) in [4.78, 5) is 16.6. The van der Waals surface area contributed by atoms with E-state index in [1.54, 1.807) is 7.11 Å². The summed E-state index contributed by atoms with van der Waals surface area (Å²) in [5.41, 5.74) is 2.23. The fourth-order valence-electron chi connectivity index (χ4n) is 1.88. The van der Waals surface area contributed by atoms with Crippen LogP contribution in [0, 0.1) is 0 Å². The lowest BCUT2D eigenvalue weighted by Crippen LogP contribution is -2.28. The van der Waals surface area contributed by atoms with E-state index in [0.29, 0.717) is 18.8 Å². The number of carbonyl (C=O) groups excluding carboxylic acids is 1. The highest BCUT2D eigenvalue weighted by molar-refractivity contribution is 5.94. The summed E-state index contributed by atoms with van der Waals surface area (Å²) in [6.07, 6.45) is 2.58. The molecule has 0 atom stereocenters. The number of carbonyl (C=O) groups is 1. The number of aryl methyl sites for hydroxylation is 1. The largest absolute Gasteiger partial charge is 0.383 e. The molecule has 0 spiro atoms. The van der Waals surface area contributed by atoms with Gasteiger partial charge in [0, 0.05) is 19.9 Å². The van der Waals surface area contributed by atoms with Crippen LogP contribution in [0.5, 0.6) is 0 Å². The first-order valence-corrected chi connectivity index (χ1v) is 6.01. The van der Waals surface area contributed by atoms with Crippen LogP contribution in [-0.2, 0) is 11.2 Å². The molecule has 0 aliphatic carbocycles. The van der Waals surface area contributed by atoms with Crippen molar-refractivity contribution in [2.45, 2.75) is 13.3 Å². The Morgan fingerprint density at radius 2 is 2.33 bits per heavy atom. The second kappa shape index (κ2) is 5.64. The van der Waals surface area contributed by atoms with Gasteiger partial charge in [0.15, 0.2) is 0 Å². The van der Waals surface area contributed by atoms with Gasteiger partial charge in [0.1, 0.15) is 11.3 Å². The Labute approximate surface area is 106 Å². The van der Waals surface area contributed by atoms with E-state index in [4.69, 9.17) is 4.74 Å². The highest BCUT2D eigenvalue weighted by atomic mass is 16.5. The van der Waals surface area contributed by atoms with E-state index in [0.717, 1.165) is 17.8 Å². The van der Waals surface area contributed by atoms with Crippen LogP contribution in [0.15, 0.2) is 24.4 Å². The number of methoxy groups -OCH3 is 1. The summed E-state index contributed by atoms with van der Waals surface area (Å²) in [6.45, 7) is 3.00. The van der Waals surface area contributed by atoms with Gasteiger partial charge in [-0.15, -0.1) is 0 Å². The van der Waals surface area contributed by atoms with Crippen molar-refractivity contribution in [1.82, 2.24) is 14.7 Å². The highest BCUT2D eigenvalue weighted by Gasteiger charge is 2.17. The third-order valence-electron chi connectivity index (χ3n) is 2.74. The third kappa shape index (κ3) is 2.36. The van der Waals surface area contributed by atoms with Crippen LogP contribution in [0.2, 0.25) is 0 Å². The van der Waals surface area contributed by atoms with Crippen molar-refractivity contribution < 1.29 is 9.53 Å². The second-order valence-corrected chi connectivity index (χ2v) is 3.94. The predicted octanol–water partition coefficient (Wildman–Crippen LogP) is 1.27. The molecule has 5 nitrogen and oxygen atoms in total. The molecule has 2 aromatic rings. The minimum Gasteiger partial charge on any atom is -0.383 e. The van der Waals surface area contributed by atoms with Crippen molar-refractivity contribution >= 4 is 11.6 Å². The third-order valence-corrected chi connectivity index (χ3v) is 2.74. The van der Waals surface area contributed by atoms with Crippen molar-refractivity contribution in [3.8, 4) is 0 Å². The van der Waals surface area contributed by atoms with Gasteiger partial charge in [0.05, 0.1) is 12.3 Å². The normalized spacial score (nSPS) is 10.8. The van der Waals surface area contributed by atoms with Gasteiger partial charge in [-0.05, 0) is 18.6 Å². The number of hydrogen-bond acceptors (Lipinski definition) is 3. The van der Waals surface area contributed by atoms with Crippen molar-refractivity contribution in [2.24, 2.45) is 0 Å². The average molecular weight is 247 g/mol. The molecule has 0 radical (unpaired) electrons. The maximum Gasteiger partial charge on any atom is 0.270 e. The van der Waals surface area contributed by atoms with E-state index in [1.165, 1.54) is 0 Å². The number of pyridine rings is 1. The molecule has 2 aromatic heterocycles. The van der Waals surface area contributed by atoms with E-state index in [2.05, 4.69) is 10.3 Å². The van der Waals surface area contributed by atoms with E-state index in [1.807, 2.05) is 35.7 Å². The molecule has 1 amide bonds. The first-order valence-electron chi connectivity index (χ1n) is 6.01. The lowest BCUT2D eigenvalue weighted by atomic mass is 10.2. The first kappa shape index (κ1) is 12.6. The van der Waals surface area contributed by atoms with Crippen molar-refractivity contribution in [2.75, 3.05) is 20.3 Å². The number of imidazole rings is 1. The van der Waals surface area contributed by atoms with Crippen molar-refractivity contribution in [1.29, 1.82) is 0 Å². The van der Waals surface area contributed by atoms with E-state index < -0.39 is 0 Å². The number of rotatable bonds is 5. The Bertz CT molecular complexity index is 548. The molecule has 0 unspecified atom stereocenters. The van der Waals surface area contributed by atoms with Gasteiger partial charge >= 0.3 is 0 Å². The summed E-state index contributed by atoms with van der Waals surface area (Å²) in [7, 11) is 1.61. The quantitative estimate of drug-likeness (QED) is 0.810. The number of nitrogens with one attached hydrogen (secondary N) is 1. The zero-order valence-corrected chi connectivity index (χ0v) is 10.6. The first-order chi connectivity index (χ1) is 8.77. The van der Waals surface area contributed by atoms with Crippen LogP contribution in [0.1, 0.15) is 23.1 Å². The Morgan fingerprint density at radius 3 is 3.06 bits per heavy atom. The highest BCUT2D eigenvalue weighted by Crippen LogP contribution is 2.13. The molecule has 1 N–H and O–H groups in total. The summed E-state index contributed by atoms with van der Waals surface area (Å²) in [5.74, 6) is -0.109. The van der Waals surface area contributed by atoms with Crippen molar-refractivity contribution in [3.63, 3.8) is 0 Å².